The largest absolute Gasteiger partial charge is 0.480 e. The monoisotopic (exact) mass is 329 g/mol. The lowest BCUT2D eigenvalue weighted by Crippen LogP contribution is -2.48. The second kappa shape index (κ2) is 6.82. The molecule has 0 aliphatic carbocycles. The summed E-state index contributed by atoms with van der Waals surface area (Å²) in [6, 6.07) is 6.29. The maximum absolute atomic E-state index is 12.4. The van der Waals surface area contributed by atoms with Gasteiger partial charge in [0.05, 0.1) is 17.2 Å². The Kier molecular flexibility index (Phi) is 4.59. The molecule has 0 saturated carbocycles. The van der Waals surface area contributed by atoms with E-state index in [1.165, 1.54) is 15.8 Å². The van der Waals surface area contributed by atoms with Gasteiger partial charge in [0.2, 0.25) is 5.91 Å². The fourth-order valence-corrected chi connectivity index (χ4v) is 3.11. The third kappa shape index (κ3) is 3.15. The Bertz CT molecular complexity index is 830. The van der Waals surface area contributed by atoms with Gasteiger partial charge in [-0.2, -0.15) is 0 Å². The van der Waals surface area contributed by atoms with E-state index in [9.17, 15) is 19.5 Å². The summed E-state index contributed by atoms with van der Waals surface area (Å²) in [5, 5.41) is 9.75. The van der Waals surface area contributed by atoms with Crippen molar-refractivity contribution in [3.63, 3.8) is 0 Å². The summed E-state index contributed by atoms with van der Waals surface area (Å²) >= 11 is 0. The normalized spacial score (nSPS) is 17.8. The quantitative estimate of drug-likeness (QED) is 0.911. The zero-order valence-corrected chi connectivity index (χ0v) is 13.2. The number of para-hydroxylation sites is 1. The van der Waals surface area contributed by atoms with Crippen molar-refractivity contribution in [3.8, 4) is 0 Å². The van der Waals surface area contributed by atoms with E-state index in [1.54, 1.807) is 18.2 Å². The van der Waals surface area contributed by atoms with Gasteiger partial charge in [0.15, 0.2) is 0 Å². The Labute approximate surface area is 138 Å². The Hall–Kier alpha value is -2.70. The van der Waals surface area contributed by atoms with Crippen molar-refractivity contribution < 1.29 is 14.7 Å². The molecule has 7 heteroatoms. The van der Waals surface area contributed by atoms with Crippen LogP contribution in [-0.2, 0) is 16.1 Å². The highest BCUT2D eigenvalue weighted by Gasteiger charge is 2.31. The van der Waals surface area contributed by atoms with Crippen molar-refractivity contribution >= 4 is 22.8 Å². The van der Waals surface area contributed by atoms with Crippen LogP contribution in [0.5, 0.6) is 0 Å². The number of piperidine rings is 1. The number of amides is 1. The van der Waals surface area contributed by atoms with Crippen LogP contribution in [0.15, 0.2) is 35.4 Å². The van der Waals surface area contributed by atoms with Crippen LogP contribution >= 0.6 is 0 Å². The van der Waals surface area contributed by atoms with Gasteiger partial charge in [-0.1, -0.05) is 12.1 Å². The summed E-state index contributed by atoms with van der Waals surface area (Å²) in [4.78, 5) is 41.7. The molecule has 3 rings (SSSR count). The molecule has 126 valence electrons. The number of carboxylic acids is 1. The second-order valence-corrected chi connectivity index (χ2v) is 5.95. The number of likely N-dealkylation sites (tertiary alicyclic amines) is 1. The number of carbonyl (C=O) groups is 2. The molecule has 1 aromatic heterocycles. The number of hydrogen-bond acceptors (Lipinski definition) is 4. The molecule has 7 nitrogen and oxygen atoms in total. The molecule has 1 aliphatic heterocycles. The first-order chi connectivity index (χ1) is 11.6. The van der Waals surface area contributed by atoms with E-state index >= 15 is 0 Å². The van der Waals surface area contributed by atoms with Gasteiger partial charge in [0.25, 0.3) is 5.56 Å². The van der Waals surface area contributed by atoms with Crippen LogP contribution in [0.25, 0.3) is 10.9 Å². The van der Waals surface area contributed by atoms with Gasteiger partial charge in [-0.3, -0.25) is 14.2 Å². The topological polar surface area (TPSA) is 92.5 Å². The molecular formula is C17H19N3O4. The van der Waals surface area contributed by atoms with Crippen LogP contribution in [0.4, 0.5) is 0 Å². The average molecular weight is 329 g/mol. The molecule has 1 fully saturated rings. The smallest absolute Gasteiger partial charge is 0.326 e. The second-order valence-electron chi connectivity index (χ2n) is 5.95. The maximum atomic E-state index is 12.4. The molecule has 0 bridgehead atoms. The Morgan fingerprint density at radius 3 is 2.83 bits per heavy atom. The number of hydrogen-bond donors (Lipinski definition) is 1. The fourth-order valence-electron chi connectivity index (χ4n) is 3.11. The minimum Gasteiger partial charge on any atom is -0.480 e. The minimum atomic E-state index is -0.965. The molecule has 2 aromatic rings. The SMILES string of the molecule is O=C(O)C1CCCCN1C(=O)CCn1cnc2ccccc2c1=O. The highest BCUT2D eigenvalue weighted by Crippen LogP contribution is 2.18. The zero-order valence-electron chi connectivity index (χ0n) is 13.2. The van der Waals surface area contributed by atoms with Crippen LogP contribution in [0.3, 0.4) is 0 Å². The highest BCUT2D eigenvalue weighted by atomic mass is 16.4. The Balaban J connectivity index is 1.73. The molecule has 24 heavy (non-hydrogen) atoms. The van der Waals surface area contributed by atoms with Crippen molar-refractivity contribution in [1.29, 1.82) is 0 Å². The van der Waals surface area contributed by atoms with Crippen LogP contribution in [0.1, 0.15) is 25.7 Å². The van der Waals surface area contributed by atoms with Crippen molar-refractivity contribution in [2.45, 2.75) is 38.3 Å². The molecule has 1 saturated heterocycles. The average Bonchev–Trinajstić information content (AvgIpc) is 2.61. The summed E-state index contributed by atoms with van der Waals surface area (Å²) in [5.41, 5.74) is 0.425. The molecule has 0 spiro atoms. The number of rotatable bonds is 4. The Morgan fingerprint density at radius 1 is 1.25 bits per heavy atom. The van der Waals surface area contributed by atoms with Crippen LogP contribution < -0.4 is 5.56 Å². The van der Waals surface area contributed by atoms with E-state index < -0.39 is 12.0 Å². The molecular weight excluding hydrogens is 310 g/mol. The summed E-state index contributed by atoms with van der Waals surface area (Å²) < 4.78 is 1.40. The molecule has 2 heterocycles. The molecule has 1 N–H and O–H groups in total. The first-order valence-corrected chi connectivity index (χ1v) is 8.04. The van der Waals surface area contributed by atoms with E-state index in [0.717, 1.165) is 12.8 Å². The van der Waals surface area contributed by atoms with Gasteiger partial charge in [0.1, 0.15) is 6.04 Å². The van der Waals surface area contributed by atoms with Gasteiger partial charge in [-0.05, 0) is 31.4 Å². The van der Waals surface area contributed by atoms with Crippen molar-refractivity contribution in [2.24, 2.45) is 0 Å². The Morgan fingerprint density at radius 2 is 2.04 bits per heavy atom. The summed E-state index contributed by atoms with van der Waals surface area (Å²) in [5.74, 6) is -1.20. The van der Waals surface area contributed by atoms with Gasteiger partial charge in [-0.15, -0.1) is 0 Å². The van der Waals surface area contributed by atoms with Crippen LogP contribution in [0.2, 0.25) is 0 Å². The number of aliphatic carboxylic acids is 1. The third-order valence-electron chi connectivity index (χ3n) is 4.41. The first-order valence-electron chi connectivity index (χ1n) is 8.04. The summed E-state index contributed by atoms with van der Waals surface area (Å²) in [6.07, 6.45) is 3.63. The van der Waals surface area contributed by atoms with E-state index in [1.807, 2.05) is 6.07 Å². The lowest BCUT2D eigenvalue weighted by Gasteiger charge is -2.33. The maximum Gasteiger partial charge on any atom is 0.326 e. The molecule has 0 radical (unpaired) electrons. The third-order valence-corrected chi connectivity index (χ3v) is 4.41. The molecule has 1 aliphatic rings. The van der Waals surface area contributed by atoms with Gasteiger partial charge in [-0.25, -0.2) is 9.78 Å². The van der Waals surface area contributed by atoms with Gasteiger partial charge in [0, 0.05) is 19.5 Å². The number of nitrogens with zero attached hydrogens (tertiary/aromatic N) is 3. The van der Waals surface area contributed by atoms with E-state index in [-0.39, 0.29) is 24.4 Å². The number of carbonyl (C=O) groups excluding carboxylic acids is 1. The predicted octanol–water partition coefficient (Wildman–Crippen LogP) is 1.25. The van der Waals surface area contributed by atoms with E-state index in [2.05, 4.69) is 4.98 Å². The molecule has 1 atom stereocenters. The van der Waals surface area contributed by atoms with Crippen LogP contribution in [0, 0.1) is 0 Å². The van der Waals surface area contributed by atoms with Gasteiger partial charge >= 0.3 is 5.97 Å². The summed E-state index contributed by atoms with van der Waals surface area (Å²) in [6.45, 7) is 0.652. The summed E-state index contributed by atoms with van der Waals surface area (Å²) in [7, 11) is 0. The number of benzene rings is 1. The number of aryl methyl sites for hydroxylation is 1. The van der Waals surface area contributed by atoms with Crippen molar-refractivity contribution in [3.05, 3.63) is 40.9 Å². The highest BCUT2D eigenvalue weighted by molar-refractivity contribution is 5.84. The minimum absolute atomic E-state index is 0.0870. The van der Waals surface area contributed by atoms with E-state index in [0.29, 0.717) is 23.9 Å². The van der Waals surface area contributed by atoms with Gasteiger partial charge < -0.3 is 10.0 Å². The molecule has 1 amide bonds. The first kappa shape index (κ1) is 16.2. The van der Waals surface area contributed by atoms with E-state index in [4.69, 9.17) is 0 Å². The standard InChI is InChI=1S/C17H19N3O4/c21-15(20-9-4-3-7-14(20)17(23)24)8-10-19-11-18-13-6-2-1-5-12(13)16(19)22/h1-2,5-6,11,14H,3-4,7-10H2,(H,23,24). The zero-order chi connectivity index (χ0) is 17.1. The number of aromatic nitrogens is 2. The van der Waals surface area contributed by atoms with Crippen molar-refractivity contribution in [1.82, 2.24) is 14.5 Å². The predicted molar refractivity (Wildman–Crippen MR) is 87.6 cm³/mol. The number of carboxylic acid groups (broad SMARTS) is 1. The number of fused-ring (bicyclic) bond motifs is 1. The lowest BCUT2D eigenvalue weighted by atomic mass is 10.0. The molecule has 1 unspecified atom stereocenters. The lowest BCUT2D eigenvalue weighted by molar-refractivity contribution is -0.152. The van der Waals surface area contributed by atoms with Crippen LogP contribution in [-0.4, -0.2) is 44.0 Å². The molecule has 1 aromatic carbocycles. The fraction of sp³-hybridized carbons (Fsp3) is 0.412. The van der Waals surface area contributed by atoms with Crippen molar-refractivity contribution in [2.75, 3.05) is 6.54 Å².